The molecule has 1 atom stereocenters. The molecule has 3 aromatic carbocycles. The van der Waals surface area contributed by atoms with E-state index in [1.807, 2.05) is 49.4 Å². The summed E-state index contributed by atoms with van der Waals surface area (Å²) in [5.41, 5.74) is 2.10. The van der Waals surface area contributed by atoms with Gasteiger partial charge in [0.05, 0.1) is 24.1 Å². The standard InChI is InChI=1S/C30H35Cl2N3O5S/c1-4-33-30(37)27(19-22-9-6-5-7-10-22)34(21-23-12-14-24(31)15-13-23)29(36)11-8-18-35(41(3,38)39)25-16-17-28(40-2)26(32)20-25/h5-7,9-10,12-17,20,27H,4,8,11,18-19,21H2,1-3H3,(H,33,37). The molecule has 0 aliphatic rings. The van der Waals surface area contributed by atoms with E-state index in [1.54, 1.807) is 29.2 Å². The molecule has 3 aromatic rings. The molecule has 0 saturated carbocycles. The summed E-state index contributed by atoms with van der Waals surface area (Å²) in [5, 5.41) is 3.70. The maximum absolute atomic E-state index is 13.8. The molecule has 0 heterocycles. The number of halogens is 2. The van der Waals surface area contributed by atoms with Crippen LogP contribution >= 0.6 is 23.2 Å². The second kappa shape index (κ2) is 15.1. The van der Waals surface area contributed by atoms with Crippen molar-refractivity contribution in [2.45, 2.75) is 38.8 Å². The van der Waals surface area contributed by atoms with Crippen molar-refractivity contribution in [3.63, 3.8) is 0 Å². The largest absolute Gasteiger partial charge is 0.495 e. The average molecular weight is 621 g/mol. The van der Waals surface area contributed by atoms with Crippen LogP contribution in [0.2, 0.25) is 10.0 Å². The zero-order valence-electron chi connectivity index (χ0n) is 23.3. The van der Waals surface area contributed by atoms with Crippen LogP contribution < -0.4 is 14.4 Å². The van der Waals surface area contributed by atoms with Gasteiger partial charge in [-0.1, -0.05) is 65.7 Å². The van der Waals surface area contributed by atoms with Gasteiger partial charge in [-0.15, -0.1) is 0 Å². The van der Waals surface area contributed by atoms with Gasteiger partial charge in [-0.3, -0.25) is 13.9 Å². The van der Waals surface area contributed by atoms with Crippen LogP contribution in [0.5, 0.6) is 5.75 Å². The van der Waals surface area contributed by atoms with Gasteiger partial charge in [-0.05, 0) is 54.8 Å². The van der Waals surface area contributed by atoms with E-state index in [9.17, 15) is 18.0 Å². The fraction of sp³-hybridized carbons (Fsp3) is 0.333. The number of carbonyl (C=O) groups excluding carboxylic acids is 2. The Morgan fingerprint density at radius 1 is 0.976 bits per heavy atom. The van der Waals surface area contributed by atoms with E-state index in [4.69, 9.17) is 27.9 Å². The first kappa shape index (κ1) is 32.2. The van der Waals surface area contributed by atoms with Crippen molar-refractivity contribution in [1.82, 2.24) is 10.2 Å². The fourth-order valence-corrected chi connectivity index (χ4v) is 5.78. The Morgan fingerprint density at radius 3 is 2.24 bits per heavy atom. The number of sulfonamides is 1. The number of methoxy groups -OCH3 is 1. The van der Waals surface area contributed by atoms with Gasteiger partial charge in [-0.25, -0.2) is 8.42 Å². The lowest BCUT2D eigenvalue weighted by molar-refractivity contribution is -0.141. The number of rotatable bonds is 14. The van der Waals surface area contributed by atoms with E-state index in [-0.39, 0.29) is 42.8 Å². The molecule has 2 amide bonds. The predicted octanol–water partition coefficient (Wildman–Crippen LogP) is 5.32. The van der Waals surface area contributed by atoms with E-state index < -0.39 is 16.1 Å². The van der Waals surface area contributed by atoms with Gasteiger partial charge in [0.15, 0.2) is 0 Å². The molecule has 0 fully saturated rings. The van der Waals surface area contributed by atoms with E-state index in [1.165, 1.54) is 17.5 Å². The number of likely N-dealkylation sites (N-methyl/N-ethyl adjacent to an activating group) is 1. The highest BCUT2D eigenvalue weighted by Crippen LogP contribution is 2.30. The molecule has 41 heavy (non-hydrogen) atoms. The highest BCUT2D eigenvalue weighted by atomic mass is 35.5. The first-order valence-corrected chi connectivity index (χ1v) is 15.8. The van der Waals surface area contributed by atoms with Crippen molar-refractivity contribution in [3.8, 4) is 5.75 Å². The van der Waals surface area contributed by atoms with Gasteiger partial charge in [0, 0.05) is 37.5 Å². The van der Waals surface area contributed by atoms with E-state index in [2.05, 4.69) is 5.32 Å². The van der Waals surface area contributed by atoms with E-state index >= 15 is 0 Å². The van der Waals surface area contributed by atoms with Crippen LogP contribution in [-0.4, -0.2) is 57.6 Å². The first-order chi connectivity index (χ1) is 19.5. The summed E-state index contributed by atoms with van der Waals surface area (Å²) in [7, 11) is -2.20. The summed E-state index contributed by atoms with van der Waals surface area (Å²) >= 11 is 12.3. The number of nitrogens with one attached hydrogen (secondary N) is 1. The molecule has 0 aliphatic heterocycles. The van der Waals surface area contributed by atoms with Crippen molar-refractivity contribution >= 4 is 50.7 Å². The Bertz CT molecular complexity index is 1420. The van der Waals surface area contributed by atoms with Crippen molar-refractivity contribution in [2.75, 3.05) is 30.8 Å². The van der Waals surface area contributed by atoms with Crippen LogP contribution in [0.3, 0.4) is 0 Å². The molecule has 220 valence electrons. The summed E-state index contributed by atoms with van der Waals surface area (Å²) in [6.45, 7) is 2.48. The van der Waals surface area contributed by atoms with Gasteiger partial charge in [0.2, 0.25) is 21.8 Å². The van der Waals surface area contributed by atoms with Crippen LogP contribution in [0, 0.1) is 0 Å². The summed E-state index contributed by atoms with van der Waals surface area (Å²) in [6.07, 6.45) is 1.67. The van der Waals surface area contributed by atoms with Gasteiger partial charge < -0.3 is 15.0 Å². The first-order valence-electron chi connectivity index (χ1n) is 13.2. The number of nitrogens with zero attached hydrogens (tertiary/aromatic N) is 2. The normalized spacial score (nSPS) is 11.9. The van der Waals surface area contributed by atoms with Crippen LogP contribution in [-0.2, 0) is 32.6 Å². The molecular formula is C30H35Cl2N3O5S. The summed E-state index contributed by atoms with van der Waals surface area (Å²) in [6, 6.07) is 20.6. The van der Waals surface area contributed by atoms with Crippen molar-refractivity contribution in [1.29, 1.82) is 0 Å². The minimum absolute atomic E-state index is 0.0220. The Labute approximate surface area is 252 Å². The molecule has 3 rings (SSSR count). The molecule has 0 aromatic heterocycles. The summed E-state index contributed by atoms with van der Waals surface area (Å²) in [5.74, 6) is -0.107. The lowest BCUT2D eigenvalue weighted by Crippen LogP contribution is -2.50. The topological polar surface area (TPSA) is 96.0 Å². The Balaban J connectivity index is 1.86. The van der Waals surface area contributed by atoms with Gasteiger partial charge >= 0.3 is 0 Å². The van der Waals surface area contributed by atoms with Crippen LogP contribution in [0.4, 0.5) is 5.69 Å². The van der Waals surface area contributed by atoms with Crippen LogP contribution in [0.25, 0.3) is 0 Å². The molecule has 0 spiro atoms. The van der Waals surface area contributed by atoms with Crippen LogP contribution in [0.1, 0.15) is 30.9 Å². The molecule has 0 radical (unpaired) electrons. The molecule has 1 unspecified atom stereocenters. The molecule has 1 N–H and O–H groups in total. The monoisotopic (exact) mass is 619 g/mol. The lowest BCUT2D eigenvalue weighted by Gasteiger charge is -2.32. The maximum Gasteiger partial charge on any atom is 0.243 e. The van der Waals surface area contributed by atoms with Gasteiger partial charge in [0.25, 0.3) is 0 Å². The second-order valence-electron chi connectivity index (χ2n) is 9.51. The zero-order valence-corrected chi connectivity index (χ0v) is 25.7. The number of hydrogen-bond acceptors (Lipinski definition) is 5. The predicted molar refractivity (Wildman–Crippen MR) is 164 cm³/mol. The van der Waals surface area contributed by atoms with E-state index in [0.717, 1.165) is 17.4 Å². The van der Waals surface area contributed by atoms with Gasteiger partial charge in [-0.2, -0.15) is 0 Å². The smallest absolute Gasteiger partial charge is 0.243 e. The molecule has 0 saturated heterocycles. The quantitative estimate of drug-likeness (QED) is 0.263. The van der Waals surface area contributed by atoms with E-state index in [0.29, 0.717) is 29.4 Å². The number of ether oxygens (including phenoxy) is 1. The molecule has 0 bridgehead atoms. The van der Waals surface area contributed by atoms with Crippen molar-refractivity contribution in [2.24, 2.45) is 0 Å². The fourth-order valence-electron chi connectivity index (χ4n) is 4.45. The maximum atomic E-state index is 13.8. The third-order valence-electron chi connectivity index (χ3n) is 6.46. The molecular weight excluding hydrogens is 585 g/mol. The minimum atomic E-state index is -3.67. The molecule has 8 nitrogen and oxygen atoms in total. The Morgan fingerprint density at radius 2 is 1.66 bits per heavy atom. The summed E-state index contributed by atoms with van der Waals surface area (Å²) < 4.78 is 31.7. The summed E-state index contributed by atoms with van der Waals surface area (Å²) in [4.78, 5) is 28.6. The van der Waals surface area contributed by atoms with Gasteiger partial charge in [0.1, 0.15) is 11.8 Å². The zero-order chi connectivity index (χ0) is 30.0. The SMILES string of the molecule is CCNC(=O)C(Cc1ccccc1)N(Cc1ccc(Cl)cc1)C(=O)CCCN(c1ccc(OC)c(Cl)c1)S(C)(=O)=O. The Kier molecular flexibility index (Phi) is 11.9. The molecule has 0 aliphatic carbocycles. The lowest BCUT2D eigenvalue weighted by atomic mass is 10.0. The Hall–Kier alpha value is -3.27. The number of hydrogen-bond donors (Lipinski definition) is 1. The van der Waals surface area contributed by atoms with Crippen molar-refractivity contribution < 1.29 is 22.7 Å². The molecule has 11 heteroatoms. The second-order valence-corrected chi connectivity index (χ2v) is 12.3. The third-order valence-corrected chi connectivity index (χ3v) is 8.21. The number of anilines is 1. The minimum Gasteiger partial charge on any atom is -0.495 e. The highest BCUT2D eigenvalue weighted by molar-refractivity contribution is 7.92. The van der Waals surface area contributed by atoms with Crippen LogP contribution in [0.15, 0.2) is 72.8 Å². The average Bonchev–Trinajstić information content (AvgIpc) is 2.94. The third kappa shape index (κ3) is 9.38. The number of carbonyl (C=O) groups is 2. The number of amides is 2. The van der Waals surface area contributed by atoms with Crippen molar-refractivity contribution in [3.05, 3.63) is 94.0 Å². The highest BCUT2D eigenvalue weighted by Gasteiger charge is 2.30. The number of benzene rings is 3.